The van der Waals surface area contributed by atoms with E-state index in [1.165, 1.54) is 24.3 Å². The number of nitrogens with zero attached hydrogens (tertiary/aromatic N) is 1. The monoisotopic (exact) mass is 319 g/mol. The molecule has 1 heterocycles. The Balaban J connectivity index is 2.35. The van der Waals surface area contributed by atoms with Crippen molar-refractivity contribution in [2.45, 2.75) is 22.3 Å². The van der Waals surface area contributed by atoms with E-state index in [-0.39, 0.29) is 15.8 Å². The number of sulfonamides is 2. The van der Waals surface area contributed by atoms with E-state index in [1.807, 2.05) is 11.9 Å². The minimum Gasteiger partial charge on any atom is -0.305 e. The molecule has 0 radical (unpaired) electrons. The van der Waals surface area contributed by atoms with E-state index >= 15 is 0 Å². The normalized spacial score (nSPS) is 21.2. The zero-order valence-electron chi connectivity index (χ0n) is 11.0. The highest BCUT2D eigenvalue weighted by molar-refractivity contribution is 7.92. The number of nitrogens with one attached hydrogen (secondary N) is 1. The summed E-state index contributed by atoms with van der Waals surface area (Å²) >= 11 is 0. The Morgan fingerprint density at radius 2 is 1.80 bits per heavy atom. The fourth-order valence-electron chi connectivity index (χ4n) is 2.22. The SMILES string of the molecule is CN1CCC(NS(=O)(=O)c2ccccc2S(N)(=O)=O)C1. The average Bonchev–Trinajstić information content (AvgIpc) is 2.73. The average molecular weight is 319 g/mol. The maximum Gasteiger partial charge on any atom is 0.242 e. The van der Waals surface area contributed by atoms with Crippen molar-refractivity contribution in [2.24, 2.45) is 5.14 Å². The van der Waals surface area contributed by atoms with Crippen LogP contribution in [0.4, 0.5) is 0 Å². The molecule has 1 aromatic carbocycles. The third-order valence-electron chi connectivity index (χ3n) is 3.16. The van der Waals surface area contributed by atoms with E-state index in [0.29, 0.717) is 13.0 Å². The molecule has 1 aromatic rings. The van der Waals surface area contributed by atoms with Crippen LogP contribution in [0.2, 0.25) is 0 Å². The summed E-state index contributed by atoms with van der Waals surface area (Å²) in [4.78, 5) is 1.30. The number of hydrogen-bond acceptors (Lipinski definition) is 5. The number of likely N-dealkylation sites (tertiary alicyclic amines) is 1. The molecule has 112 valence electrons. The Bertz CT molecular complexity index is 700. The van der Waals surface area contributed by atoms with Crippen molar-refractivity contribution in [3.63, 3.8) is 0 Å². The molecule has 1 atom stereocenters. The Kier molecular flexibility index (Phi) is 4.17. The summed E-state index contributed by atoms with van der Waals surface area (Å²) in [5.74, 6) is 0. The first-order chi connectivity index (χ1) is 9.20. The van der Waals surface area contributed by atoms with E-state index in [2.05, 4.69) is 4.72 Å². The van der Waals surface area contributed by atoms with Crippen LogP contribution in [-0.4, -0.2) is 47.9 Å². The molecule has 2 rings (SSSR count). The largest absolute Gasteiger partial charge is 0.305 e. The van der Waals surface area contributed by atoms with Crippen LogP contribution in [0.3, 0.4) is 0 Å². The summed E-state index contributed by atoms with van der Waals surface area (Å²) in [6.07, 6.45) is 0.688. The van der Waals surface area contributed by atoms with Crippen molar-refractivity contribution in [1.29, 1.82) is 0 Å². The van der Waals surface area contributed by atoms with Gasteiger partial charge in [0.25, 0.3) is 0 Å². The summed E-state index contributed by atoms with van der Waals surface area (Å²) in [6, 6.07) is 5.09. The highest BCUT2D eigenvalue weighted by Crippen LogP contribution is 2.20. The van der Waals surface area contributed by atoms with Crippen LogP contribution in [0.5, 0.6) is 0 Å². The van der Waals surface area contributed by atoms with Crippen LogP contribution in [0.1, 0.15) is 6.42 Å². The fourth-order valence-corrected chi connectivity index (χ4v) is 4.86. The molecule has 3 N–H and O–H groups in total. The van der Waals surface area contributed by atoms with Crippen LogP contribution in [-0.2, 0) is 20.0 Å². The highest BCUT2D eigenvalue weighted by Gasteiger charge is 2.29. The number of hydrogen-bond donors (Lipinski definition) is 2. The molecule has 1 saturated heterocycles. The van der Waals surface area contributed by atoms with E-state index < -0.39 is 20.0 Å². The number of primary sulfonamides is 1. The molecule has 9 heteroatoms. The summed E-state index contributed by atoms with van der Waals surface area (Å²) in [5.41, 5.74) is 0. The second-order valence-electron chi connectivity index (χ2n) is 4.86. The van der Waals surface area contributed by atoms with Gasteiger partial charge in [-0.25, -0.2) is 26.7 Å². The van der Waals surface area contributed by atoms with E-state index in [9.17, 15) is 16.8 Å². The molecule has 1 aliphatic rings. The van der Waals surface area contributed by atoms with Gasteiger partial charge in [0.1, 0.15) is 9.79 Å². The van der Waals surface area contributed by atoms with Gasteiger partial charge >= 0.3 is 0 Å². The number of benzene rings is 1. The predicted molar refractivity (Wildman–Crippen MR) is 74.0 cm³/mol. The molecule has 0 spiro atoms. The Labute approximate surface area is 118 Å². The number of likely N-dealkylation sites (N-methyl/N-ethyl adjacent to an activating group) is 1. The van der Waals surface area contributed by atoms with E-state index in [4.69, 9.17) is 5.14 Å². The fraction of sp³-hybridized carbons (Fsp3) is 0.455. The maximum atomic E-state index is 12.3. The van der Waals surface area contributed by atoms with Crippen LogP contribution in [0, 0.1) is 0 Å². The molecule has 0 aliphatic carbocycles. The van der Waals surface area contributed by atoms with Gasteiger partial charge in [0, 0.05) is 12.6 Å². The van der Waals surface area contributed by atoms with Gasteiger partial charge in [-0.15, -0.1) is 0 Å². The minimum absolute atomic E-state index is 0.224. The summed E-state index contributed by atoms with van der Waals surface area (Å²) in [5, 5.41) is 5.06. The number of rotatable bonds is 4. The Morgan fingerprint density at radius 1 is 1.20 bits per heavy atom. The first-order valence-corrected chi connectivity index (χ1v) is 9.06. The van der Waals surface area contributed by atoms with Crippen molar-refractivity contribution >= 4 is 20.0 Å². The smallest absolute Gasteiger partial charge is 0.242 e. The molecule has 1 fully saturated rings. The first-order valence-electron chi connectivity index (χ1n) is 6.03. The van der Waals surface area contributed by atoms with Gasteiger partial charge < -0.3 is 4.90 Å². The van der Waals surface area contributed by atoms with Gasteiger partial charge in [0.05, 0.1) is 0 Å². The van der Waals surface area contributed by atoms with Gasteiger partial charge in [-0.1, -0.05) is 12.1 Å². The van der Waals surface area contributed by atoms with Crippen LogP contribution >= 0.6 is 0 Å². The molecule has 7 nitrogen and oxygen atoms in total. The Hall–Kier alpha value is -1.00. The predicted octanol–water partition coefficient (Wildman–Crippen LogP) is -0.684. The highest BCUT2D eigenvalue weighted by atomic mass is 32.2. The van der Waals surface area contributed by atoms with Crippen molar-refractivity contribution in [2.75, 3.05) is 20.1 Å². The lowest BCUT2D eigenvalue weighted by Crippen LogP contribution is -2.37. The quantitative estimate of drug-likeness (QED) is 0.764. The molecular formula is C11H17N3O4S2. The van der Waals surface area contributed by atoms with Crippen molar-refractivity contribution in [3.05, 3.63) is 24.3 Å². The number of nitrogens with two attached hydrogens (primary N) is 1. The molecule has 20 heavy (non-hydrogen) atoms. The van der Waals surface area contributed by atoms with E-state index in [1.54, 1.807) is 0 Å². The minimum atomic E-state index is -4.09. The van der Waals surface area contributed by atoms with Crippen LogP contribution < -0.4 is 9.86 Å². The van der Waals surface area contributed by atoms with Gasteiger partial charge in [0.15, 0.2) is 0 Å². The van der Waals surface area contributed by atoms with E-state index in [0.717, 1.165) is 6.54 Å². The van der Waals surface area contributed by atoms with Crippen molar-refractivity contribution in [1.82, 2.24) is 9.62 Å². The second kappa shape index (κ2) is 5.41. The van der Waals surface area contributed by atoms with Gasteiger partial charge in [-0.05, 0) is 32.1 Å². The maximum absolute atomic E-state index is 12.3. The van der Waals surface area contributed by atoms with Gasteiger partial charge in [-0.2, -0.15) is 0 Å². The molecule has 1 aliphatic heterocycles. The zero-order chi connectivity index (χ0) is 15.0. The lowest BCUT2D eigenvalue weighted by molar-refractivity contribution is 0.407. The first kappa shape index (κ1) is 15.4. The summed E-state index contributed by atoms with van der Waals surface area (Å²) in [7, 11) is -6.11. The summed E-state index contributed by atoms with van der Waals surface area (Å²) < 4.78 is 50.1. The lowest BCUT2D eigenvalue weighted by atomic mass is 10.3. The van der Waals surface area contributed by atoms with Crippen molar-refractivity contribution in [3.8, 4) is 0 Å². The van der Waals surface area contributed by atoms with Gasteiger partial charge in [0.2, 0.25) is 20.0 Å². The molecule has 0 amide bonds. The second-order valence-corrected chi connectivity index (χ2v) is 8.07. The lowest BCUT2D eigenvalue weighted by Gasteiger charge is -2.15. The molecule has 0 bridgehead atoms. The van der Waals surface area contributed by atoms with Gasteiger partial charge in [-0.3, -0.25) is 0 Å². The zero-order valence-corrected chi connectivity index (χ0v) is 12.6. The van der Waals surface area contributed by atoms with Crippen molar-refractivity contribution < 1.29 is 16.8 Å². The third kappa shape index (κ3) is 3.36. The molecular weight excluding hydrogens is 302 g/mol. The standard InChI is InChI=1S/C11H17N3O4S2/c1-14-7-6-9(8-14)13-20(17,18)11-5-3-2-4-10(11)19(12,15)16/h2-5,9,13H,6-8H2,1H3,(H2,12,15,16). The molecule has 0 saturated carbocycles. The van der Waals surface area contributed by atoms with Crippen LogP contribution in [0.25, 0.3) is 0 Å². The van der Waals surface area contributed by atoms with Crippen LogP contribution in [0.15, 0.2) is 34.1 Å². The topological polar surface area (TPSA) is 110 Å². The molecule has 0 aromatic heterocycles. The Morgan fingerprint density at radius 3 is 2.30 bits per heavy atom. The summed E-state index contributed by atoms with van der Waals surface area (Å²) in [6.45, 7) is 1.39. The molecule has 1 unspecified atom stereocenters. The third-order valence-corrected chi connectivity index (χ3v) is 5.84.